The second kappa shape index (κ2) is 1.50. The first kappa shape index (κ1) is 5.70. The van der Waals surface area contributed by atoms with E-state index in [1.165, 1.54) is 12.8 Å². The minimum absolute atomic E-state index is 0.419. The molecule has 2 bridgehead atoms. The van der Waals surface area contributed by atoms with Crippen molar-refractivity contribution in [1.29, 1.82) is 0 Å². The summed E-state index contributed by atoms with van der Waals surface area (Å²) >= 11 is 0. The van der Waals surface area contributed by atoms with Gasteiger partial charge in [0.05, 0.1) is 0 Å². The smallest absolute Gasteiger partial charge is 0.111 e. The summed E-state index contributed by atoms with van der Waals surface area (Å²) in [6, 6.07) is 0. The fourth-order valence-electron chi connectivity index (χ4n) is 2.54. The highest BCUT2D eigenvalue weighted by Gasteiger charge is 2.48. The van der Waals surface area contributed by atoms with Crippen LogP contribution in [-0.4, -0.2) is 5.67 Å². The predicted molar refractivity (Wildman–Crippen MR) is 35.0 cm³/mol. The molecule has 0 spiro atoms. The Labute approximate surface area is 55.4 Å². The third-order valence-corrected chi connectivity index (χ3v) is 3.08. The molecule has 0 aliphatic heterocycles. The number of fused-ring (bicyclic) bond motifs is 2. The molecular formula is C8H13F. The Hall–Kier alpha value is -0.0700. The fourth-order valence-corrected chi connectivity index (χ4v) is 2.54. The van der Waals surface area contributed by atoms with E-state index in [2.05, 4.69) is 0 Å². The summed E-state index contributed by atoms with van der Waals surface area (Å²) in [5.41, 5.74) is -0.789. The van der Waals surface area contributed by atoms with Gasteiger partial charge in [-0.25, -0.2) is 4.39 Å². The zero-order valence-corrected chi connectivity index (χ0v) is 5.86. The summed E-state index contributed by atoms with van der Waals surface area (Å²) < 4.78 is 13.3. The van der Waals surface area contributed by atoms with Crippen LogP contribution in [0.2, 0.25) is 0 Å². The van der Waals surface area contributed by atoms with Crippen LogP contribution in [-0.2, 0) is 0 Å². The van der Waals surface area contributed by atoms with Gasteiger partial charge in [-0.2, -0.15) is 0 Å². The first-order valence-electron chi connectivity index (χ1n) is 3.87. The quantitative estimate of drug-likeness (QED) is 0.470. The number of halogens is 1. The molecule has 2 saturated carbocycles. The van der Waals surface area contributed by atoms with E-state index < -0.39 is 5.67 Å². The van der Waals surface area contributed by atoms with Crippen molar-refractivity contribution < 1.29 is 4.39 Å². The van der Waals surface area contributed by atoms with Gasteiger partial charge in [-0.15, -0.1) is 0 Å². The Kier molecular flexibility index (Phi) is 0.950. The van der Waals surface area contributed by atoms with E-state index in [4.69, 9.17) is 0 Å². The number of alkyl halides is 1. The van der Waals surface area contributed by atoms with Crippen LogP contribution in [0.3, 0.4) is 0 Å². The largest absolute Gasteiger partial charge is 0.244 e. The van der Waals surface area contributed by atoms with Gasteiger partial charge in [-0.05, 0) is 44.4 Å². The molecule has 2 rings (SSSR count). The Morgan fingerprint density at radius 1 is 1.44 bits per heavy atom. The first-order valence-corrected chi connectivity index (χ1v) is 3.87. The first-order chi connectivity index (χ1) is 4.18. The van der Waals surface area contributed by atoms with Crippen molar-refractivity contribution in [2.75, 3.05) is 0 Å². The molecule has 0 heterocycles. The summed E-state index contributed by atoms with van der Waals surface area (Å²) in [4.78, 5) is 0. The lowest BCUT2D eigenvalue weighted by molar-refractivity contribution is 0.109. The highest BCUT2D eigenvalue weighted by molar-refractivity contribution is 4.98. The zero-order valence-electron chi connectivity index (χ0n) is 5.86. The van der Waals surface area contributed by atoms with Crippen LogP contribution in [0, 0.1) is 11.8 Å². The summed E-state index contributed by atoms with van der Waals surface area (Å²) in [6.07, 6.45) is 4.46. The molecule has 3 unspecified atom stereocenters. The van der Waals surface area contributed by atoms with Gasteiger partial charge in [0.1, 0.15) is 5.67 Å². The van der Waals surface area contributed by atoms with Crippen LogP contribution in [0.15, 0.2) is 0 Å². The molecule has 0 saturated heterocycles. The molecule has 2 fully saturated rings. The van der Waals surface area contributed by atoms with Gasteiger partial charge in [0.15, 0.2) is 0 Å². The minimum atomic E-state index is -0.789. The van der Waals surface area contributed by atoms with Gasteiger partial charge >= 0.3 is 0 Å². The molecule has 0 aromatic heterocycles. The SMILES string of the molecule is CC1(F)CC2CCC1C2. The molecule has 52 valence electrons. The lowest BCUT2D eigenvalue weighted by Crippen LogP contribution is -2.25. The van der Waals surface area contributed by atoms with Crippen LogP contribution in [0.25, 0.3) is 0 Å². The van der Waals surface area contributed by atoms with E-state index in [-0.39, 0.29) is 0 Å². The standard InChI is InChI=1S/C8H13F/c1-8(9)5-6-2-3-7(8)4-6/h6-7H,2-5H2,1H3. The van der Waals surface area contributed by atoms with Crippen molar-refractivity contribution in [2.24, 2.45) is 11.8 Å². The number of rotatable bonds is 0. The van der Waals surface area contributed by atoms with E-state index in [9.17, 15) is 4.39 Å². The summed E-state index contributed by atoms with van der Waals surface area (Å²) in [7, 11) is 0. The van der Waals surface area contributed by atoms with Crippen molar-refractivity contribution in [3.63, 3.8) is 0 Å². The topological polar surface area (TPSA) is 0 Å². The monoisotopic (exact) mass is 128 g/mol. The van der Waals surface area contributed by atoms with Crippen LogP contribution in [0.1, 0.15) is 32.6 Å². The maximum atomic E-state index is 13.3. The maximum Gasteiger partial charge on any atom is 0.111 e. The number of hydrogen-bond donors (Lipinski definition) is 0. The Bertz CT molecular complexity index is 129. The van der Waals surface area contributed by atoms with Crippen molar-refractivity contribution in [3.8, 4) is 0 Å². The molecule has 0 aromatic rings. The molecule has 0 radical (unpaired) electrons. The van der Waals surface area contributed by atoms with Crippen LogP contribution >= 0.6 is 0 Å². The molecule has 0 aromatic carbocycles. The van der Waals surface area contributed by atoms with Crippen LogP contribution in [0.4, 0.5) is 4.39 Å². The summed E-state index contributed by atoms with van der Waals surface area (Å²) in [5, 5.41) is 0. The third kappa shape index (κ3) is 0.702. The highest BCUT2D eigenvalue weighted by Crippen LogP contribution is 2.52. The molecule has 1 heteroatoms. The molecule has 2 aliphatic rings. The maximum absolute atomic E-state index is 13.3. The zero-order chi connectivity index (χ0) is 6.48. The fraction of sp³-hybridized carbons (Fsp3) is 1.00. The molecule has 9 heavy (non-hydrogen) atoms. The predicted octanol–water partition coefficient (Wildman–Crippen LogP) is 2.53. The van der Waals surface area contributed by atoms with Crippen LogP contribution < -0.4 is 0 Å². The normalized spacial score (nSPS) is 56.7. The Morgan fingerprint density at radius 3 is 2.44 bits per heavy atom. The van der Waals surface area contributed by atoms with E-state index in [1.54, 1.807) is 6.92 Å². The Morgan fingerprint density at radius 2 is 2.22 bits per heavy atom. The molecule has 2 aliphatic carbocycles. The van der Waals surface area contributed by atoms with Gasteiger partial charge in [-0.1, -0.05) is 0 Å². The van der Waals surface area contributed by atoms with E-state index in [0.29, 0.717) is 5.92 Å². The highest BCUT2D eigenvalue weighted by atomic mass is 19.1. The second-order valence-electron chi connectivity index (χ2n) is 3.86. The van der Waals surface area contributed by atoms with Gasteiger partial charge in [0.25, 0.3) is 0 Å². The van der Waals surface area contributed by atoms with Crippen LogP contribution in [0.5, 0.6) is 0 Å². The van der Waals surface area contributed by atoms with Crippen molar-refractivity contribution in [1.82, 2.24) is 0 Å². The van der Waals surface area contributed by atoms with E-state index >= 15 is 0 Å². The molecule has 3 atom stereocenters. The third-order valence-electron chi connectivity index (χ3n) is 3.08. The molecule has 0 nitrogen and oxygen atoms in total. The van der Waals surface area contributed by atoms with Gasteiger partial charge in [0, 0.05) is 0 Å². The lowest BCUT2D eigenvalue weighted by Gasteiger charge is -2.24. The van der Waals surface area contributed by atoms with Crippen molar-refractivity contribution in [2.45, 2.75) is 38.3 Å². The van der Waals surface area contributed by atoms with Crippen molar-refractivity contribution in [3.05, 3.63) is 0 Å². The average Bonchev–Trinajstić information content (AvgIpc) is 2.19. The Balaban J connectivity index is 2.18. The summed E-state index contributed by atoms with van der Waals surface area (Å²) in [6.45, 7) is 1.77. The number of hydrogen-bond acceptors (Lipinski definition) is 0. The van der Waals surface area contributed by atoms with Gasteiger partial charge in [0.2, 0.25) is 0 Å². The summed E-state index contributed by atoms with van der Waals surface area (Å²) in [5.74, 6) is 1.16. The molecular weight excluding hydrogens is 115 g/mol. The molecule has 0 amide bonds. The van der Waals surface area contributed by atoms with Crippen molar-refractivity contribution >= 4 is 0 Å². The second-order valence-corrected chi connectivity index (χ2v) is 3.86. The lowest BCUT2D eigenvalue weighted by atomic mass is 9.88. The van der Waals surface area contributed by atoms with E-state index in [1.807, 2.05) is 0 Å². The van der Waals surface area contributed by atoms with E-state index in [0.717, 1.165) is 18.8 Å². The van der Waals surface area contributed by atoms with Gasteiger partial charge in [-0.3, -0.25) is 0 Å². The van der Waals surface area contributed by atoms with Gasteiger partial charge < -0.3 is 0 Å². The minimum Gasteiger partial charge on any atom is -0.244 e. The average molecular weight is 128 g/mol. The molecule has 0 N–H and O–H groups in total.